The van der Waals surface area contributed by atoms with E-state index >= 15 is 0 Å². The fourth-order valence-corrected chi connectivity index (χ4v) is 3.90. The number of rotatable bonds is 7. The average Bonchev–Trinajstić information content (AvgIpc) is 3.27. The molecule has 1 aromatic carbocycles. The maximum absolute atomic E-state index is 12.4. The van der Waals surface area contributed by atoms with Gasteiger partial charge in [-0.15, -0.1) is 5.10 Å². The Hall–Kier alpha value is -2.04. The molecule has 1 saturated heterocycles. The number of quaternary nitrogens is 1. The zero-order chi connectivity index (χ0) is 17.0. The van der Waals surface area contributed by atoms with Gasteiger partial charge >= 0.3 is 0 Å². The molecule has 24 heavy (non-hydrogen) atoms. The van der Waals surface area contributed by atoms with Gasteiger partial charge in [-0.25, -0.2) is 13.1 Å². The monoisotopic (exact) mass is 353 g/mol. The lowest BCUT2D eigenvalue weighted by molar-refractivity contribution is -0.886. The number of sulfonamides is 1. The Bertz CT molecular complexity index is 772. The second-order valence-electron chi connectivity index (χ2n) is 5.69. The summed E-state index contributed by atoms with van der Waals surface area (Å²) in [5.41, 5.74) is 0.572. The van der Waals surface area contributed by atoms with Crippen molar-refractivity contribution < 1.29 is 18.1 Å². The molecule has 0 radical (unpaired) electrons. The molecule has 3 rings (SSSR count). The minimum atomic E-state index is -3.57. The number of hydrogen-bond donors (Lipinski definition) is 2. The number of hydrogen-bond acceptors (Lipinski definition) is 6. The van der Waals surface area contributed by atoms with Crippen molar-refractivity contribution in [2.45, 2.75) is 17.7 Å². The third-order valence-electron chi connectivity index (χ3n) is 4.14. The molecular formula is C14H21N6O3S+. The summed E-state index contributed by atoms with van der Waals surface area (Å²) in [7, 11) is -2.10. The summed E-state index contributed by atoms with van der Waals surface area (Å²) in [5, 5.41) is 10.9. The second kappa shape index (κ2) is 7.24. The van der Waals surface area contributed by atoms with E-state index in [1.807, 2.05) is 0 Å². The van der Waals surface area contributed by atoms with Gasteiger partial charge in [0.2, 0.25) is 10.0 Å². The first-order chi connectivity index (χ1) is 11.6. The van der Waals surface area contributed by atoms with Crippen LogP contribution in [0, 0.1) is 0 Å². The van der Waals surface area contributed by atoms with Gasteiger partial charge < -0.3 is 9.64 Å². The Morgan fingerprint density at radius 3 is 2.79 bits per heavy atom. The van der Waals surface area contributed by atoms with E-state index in [1.54, 1.807) is 6.07 Å². The minimum Gasteiger partial charge on any atom is -0.494 e. The molecule has 0 saturated carbocycles. The van der Waals surface area contributed by atoms with Crippen molar-refractivity contribution in [3.63, 3.8) is 0 Å². The topological polar surface area (TPSA) is 103 Å². The SMILES string of the molecule is COc1cc(S(=O)(=O)NCC[NH+]2CCCC2)ccc1-n1cnnn1. The standard InChI is InChI=1S/C14H20N6O3S/c1-23-14-10-12(4-5-13(14)20-11-15-17-18-20)24(21,22)16-6-9-19-7-2-3-8-19/h4-5,10-11,16H,2-3,6-9H2,1H3/p+1. The van der Waals surface area contributed by atoms with Gasteiger partial charge in [0.25, 0.3) is 0 Å². The first kappa shape index (κ1) is 16.8. The van der Waals surface area contributed by atoms with Crippen LogP contribution in [-0.2, 0) is 10.0 Å². The Morgan fingerprint density at radius 2 is 2.12 bits per heavy atom. The molecular weight excluding hydrogens is 332 g/mol. The van der Waals surface area contributed by atoms with E-state index in [-0.39, 0.29) is 4.90 Å². The lowest BCUT2D eigenvalue weighted by Crippen LogP contribution is -3.10. The molecule has 0 atom stereocenters. The van der Waals surface area contributed by atoms with Crippen LogP contribution < -0.4 is 14.4 Å². The highest BCUT2D eigenvalue weighted by Gasteiger charge is 2.19. The van der Waals surface area contributed by atoms with E-state index in [2.05, 4.69) is 20.2 Å². The molecule has 2 heterocycles. The number of benzene rings is 1. The van der Waals surface area contributed by atoms with Gasteiger partial charge in [0.1, 0.15) is 17.8 Å². The fourth-order valence-electron chi connectivity index (χ4n) is 2.86. The fraction of sp³-hybridized carbons (Fsp3) is 0.500. The number of tetrazole rings is 1. The molecule has 1 aliphatic rings. The molecule has 10 heteroatoms. The van der Waals surface area contributed by atoms with Crippen LogP contribution in [0.5, 0.6) is 5.75 Å². The Labute approximate surface area is 140 Å². The predicted molar refractivity (Wildman–Crippen MR) is 85.7 cm³/mol. The highest BCUT2D eigenvalue weighted by Crippen LogP contribution is 2.25. The first-order valence-electron chi connectivity index (χ1n) is 7.85. The van der Waals surface area contributed by atoms with E-state index in [0.717, 1.165) is 19.6 Å². The molecule has 1 aromatic heterocycles. The van der Waals surface area contributed by atoms with E-state index in [1.165, 1.54) is 48.0 Å². The van der Waals surface area contributed by atoms with Gasteiger partial charge in [-0.1, -0.05) is 0 Å². The molecule has 2 N–H and O–H groups in total. The van der Waals surface area contributed by atoms with Crippen molar-refractivity contribution in [2.75, 3.05) is 33.3 Å². The molecule has 0 bridgehead atoms. The summed E-state index contributed by atoms with van der Waals surface area (Å²) < 4.78 is 34.2. The van der Waals surface area contributed by atoms with E-state index in [9.17, 15) is 8.42 Å². The van der Waals surface area contributed by atoms with Crippen molar-refractivity contribution in [3.05, 3.63) is 24.5 Å². The smallest absolute Gasteiger partial charge is 0.240 e. The van der Waals surface area contributed by atoms with Crippen LogP contribution in [0.1, 0.15) is 12.8 Å². The molecule has 1 aliphatic heterocycles. The first-order valence-corrected chi connectivity index (χ1v) is 9.33. The summed E-state index contributed by atoms with van der Waals surface area (Å²) >= 11 is 0. The predicted octanol–water partition coefficient (Wildman–Crippen LogP) is -1.37. The average molecular weight is 353 g/mol. The maximum atomic E-state index is 12.4. The summed E-state index contributed by atoms with van der Waals surface area (Å²) in [4.78, 5) is 1.61. The van der Waals surface area contributed by atoms with Crippen LogP contribution in [0.2, 0.25) is 0 Å². The lowest BCUT2D eigenvalue weighted by atomic mass is 10.3. The zero-order valence-corrected chi connectivity index (χ0v) is 14.3. The van der Waals surface area contributed by atoms with Crippen LogP contribution in [-0.4, -0.2) is 61.9 Å². The highest BCUT2D eigenvalue weighted by molar-refractivity contribution is 7.89. The van der Waals surface area contributed by atoms with Gasteiger partial charge in [-0.05, 0) is 22.6 Å². The number of nitrogens with one attached hydrogen (secondary N) is 2. The summed E-state index contributed by atoms with van der Waals surface area (Å²) in [5.74, 6) is 0.385. The minimum absolute atomic E-state index is 0.160. The van der Waals surface area contributed by atoms with Crippen LogP contribution in [0.15, 0.2) is 29.4 Å². The molecule has 0 unspecified atom stereocenters. The van der Waals surface area contributed by atoms with Gasteiger partial charge in [-0.3, -0.25) is 0 Å². The second-order valence-corrected chi connectivity index (χ2v) is 7.46. The summed E-state index contributed by atoms with van der Waals surface area (Å²) in [6, 6.07) is 4.61. The van der Waals surface area contributed by atoms with E-state index in [0.29, 0.717) is 18.0 Å². The largest absolute Gasteiger partial charge is 0.494 e. The summed E-state index contributed by atoms with van der Waals surface area (Å²) in [6.45, 7) is 3.47. The number of nitrogens with zero attached hydrogens (tertiary/aromatic N) is 4. The number of ether oxygens (including phenoxy) is 1. The molecule has 0 amide bonds. The molecule has 2 aromatic rings. The van der Waals surface area contributed by atoms with E-state index in [4.69, 9.17) is 4.74 Å². The quantitative estimate of drug-likeness (QED) is 0.636. The van der Waals surface area contributed by atoms with Crippen LogP contribution >= 0.6 is 0 Å². The summed E-state index contributed by atoms with van der Waals surface area (Å²) in [6.07, 6.45) is 3.86. The van der Waals surface area contributed by atoms with Crippen molar-refractivity contribution >= 4 is 10.0 Å². The molecule has 1 fully saturated rings. The number of likely N-dealkylation sites (tertiary alicyclic amines) is 1. The molecule has 9 nitrogen and oxygen atoms in total. The number of methoxy groups -OCH3 is 1. The Morgan fingerprint density at radius 1 is 1.33 bits per heavy atom. The van der Waals surface area contributed by atoms with Gasteiger partial charge in [-0.2, -0.15) is 4.68 Å². The van der Waals surface area contributed by atoms with Crippen molar-refractivity contribution in [1.82, 2.24) is 24.9 Å². The zero-order valence-electron chi connectivity index (χ0n) is 13.5. The van der Waals surface area contributed by atoms with Crippen molar-refractivity contribution in [1.29, 1.82) is 0 Å². The Balaban J connectivity index is 1.72. The van der Waals surface area contributed by atoms with Gasteiger partial charge in [0.15, 0.2) is 0 Å². The van der Waals surface area contributed by atoms with Crippen LogP contribution in [0.3, 0.4) is 0 Å². The maximum Gasteiger partial charge on any atom is 0.240 e. The lowest BCUT2D eigenvalue weighted by Gasteiger charge is -2.14. The van der Waals surface area contributed by atoms with Gasteiger partial charge in [0.05, 0.1) is 38.2 Å². The van der Waals surface area contributed by atoms with Crippen molar-refractivity contribution in [3.8, 4) is 11.4 Å². The molecule has 0 aliphatic carbocycles. The van der Waals surface area contributed by atoms with E-state index < -0.39 is 10.0 Å². The number of aromatic nitrogens is 4. The molecule has 130 valence electrons. The van der Waals surface area contributed by atoms with Crippen molar-refractivity contribution in [2.24, 2.45) is 0 Å². The van der Waals surface area contributed by atoms with Gasteiger partial charge in [0, 0.05) is 18.9 Å². The van der Waals surface area contributed by atoms with Crippen LogP contribution in [0.4, 0.5) is 0 Å². The highest BCUT2D eigenvalue weighted by atomic mass is 32.2. The third kappa shape index (κ3) is 3.71. The normalized spacial score (nSPS) is 15.7. The molecule has 0 spiro atoms. The van der Waals surface area contributed by atoms with Crippen LogP contribution in [0.25, 0.3) is 5.69 Å². The third-order valence-corrected chi connectivity index (χ3v) is 5.60. The Kier molecular flexibility index (Phi) is 5.07.